The van der Waals surface area contributed by atoms with E-state index < -0.39 is 0 Å². The monoisotopic (exact) mass is 145 g/mol. The lowest BCUT2D eigenvalue weighted by atomic mass is 10.1. The molecule has 0 aromatic rings. The van der Waals surface area contributed by atoms with E-state index in [1.807, 2.05) is 6.92 Å². The molecule has 0 aromatic heterocycles. The van der Waals surface area contributed by atoms with Gasteiger partial charge in [0.05, 0.1) is 4.99 Å². The molecule has 2 N–H and O–H groups in total. The molecule has 0 aliphatic rings. The quantitative estimate of drug-likeness (QED) is 0.600. The van der Waals surface area contributed by atoms with Gasteiger partial charge >= 0.3 is 0 Å². The highest BCUT2D eigenvalue weighted by Crippen LogP contribution is 2.01. The van der Waals surface area contributed by atoms with Crippen LogP contribution in [0.2, 0.25) is 0 Å². The molecule has 0 radical (unpaired) electrons. The summed E-state index contributed by atoms with van der Waals surface area (Å²) in [5.74, 6) is 0.188. The Morgan fingerprint density at radius 1 is 1.78 bits per heavy atom. The molecule has 0 aliphatic carbocycles. The Labute approximate surface area is 60.4 Å². The number of nitrogens with two attached hydrogens (primary N) is 1. The molecule has 0 saturated carbocycles. The molecule has 0 bridgehead atoms. The molecule has 0 spiro atoms. The van der Waals surface area contributed by atoms with Crippen molar-refractivity contribution >= 4 is 23.0 Å². The number of thiocarbonyl (C=S) groups is 1. The molecule has 2 nitrogen and oxygen atoms in total. The summed E-state index contributed by atoms with van der Waals surface area (Å²) in [4.78, 5) is 10.9. The molecular formula is C6H11NOS. The van der Waals surface area contributed by atoms with Crippen LogP contribution in [0.5, 0.6) is 0 Å². The topological polar surface area (TPSA) is 43.1 Å². The Morgan fingerprint density at radius 3 is 2.33 bits per heavy atom. The van der Waals surface area contributed by atoms with E-state index in [2.05, 4.69) is 12.2 Å². The lowest BCUT2D eigenvalue weighted by Crippen LogP contribution is -2.20. The number of ketones is 1. The zero-order valence-electron chi connectivity index (χ0n) is 5.68. The van der Waals surface area contributed by atoms with Crippen molar-refractivity contribution in [2.24, 2.45) is 11.7 Å². The summed E-state index contributed by atoms with van der Waals surface area (Å²) in [6.07, 6.45) is 0.468. The van der Waals surface area contributed by atoms with Crippen LogP contribution in [0.4, 0.5) is 0 Å². The fourth-order valence-electron chi connectivity index (χ4n) is 0.532. The fourth-order valence-corrected chi connectivity index (χ4v) is 0.615. The van der Waals surface area contributed by atoms with Crippen LogP contribution in [-0.2, 0) is 4.79 Å². The van der Waals surface area contributed by atoms with Gasteiger partial charge in [0.25, 0.3) is 0 Å². The Balaban J connectivity index is 3.63. The second-order valence-electron chi connectivity index (χ2n) is 2.21. The first-order valence-electron chi connectivity index (χ1n) is 2.82. The van der Waals surface area contributed by atoms with Crippen LogP contribution >= 0.6 is 12.2 Å². The third-order valence-electron chi connectivity index (χ3n) is 1.08. The van der Waals surface area contributed by atoms with E-state index in [0.29, 0.717) is 11.4 Å². The normalized spacial score (nSPS) is 12.7. The number of hydrogen-bond acceptors (Lipinski definition) is 2. The highest BCUT2D eigenvalue weighted by molar-refractivity contribution is 7.80. The maximum Gasteiger partial charge on any atom is 0.130 e. The zero-order valence-corrected chi connectivity index (χ0v) is 6.49. The highest BCUT2D eigenvalue weighted by Gasteiger charge is 2.06. The van der Waals surface area contributed by atoms with Gasteiger partial charge in [0, 0.05) is 12.3 Å². The van der Waals surface area contributed by atoms with Gasteiger partial charge in [-0.25, -0.2) is 0 Å². The predicted molar refractivity (Wildman–Crippen MR) is 41.2 cm³/mol. The van der Waals surface area contributed by atoms with Crippen LogP contribution in [0.3, 0.4) is 0 Å². The van der Waals surface area contributed by atoms with Crippen LogP contribution in [0.1, 0.15) is 20.3 Å². The van der Waals surface area contributed by atoms with Crippen LogP contribution < -0.4 is 5.73 Å². The Hall–Kier alpha value is -0.440. The Morgan fingerprint density at radius 2 is 2.22 bits per heavy atom. The minimum atomic E-state index is 0.0532. The Kier molecular flexibility index (Phi) is 3.39. The molecule has 0 heterocycles. The van der Waals surface area contributed by atoms with Gasteiger partial charge in [-0.1, -0.05) is 19.1 Å². The first-order chi connectivity index (χ1) is 4.04. The smallest absolute Gasteiger partial charge is 0.130 e. The molecule has 9 heavy (non-hydrogen) atoms. The van der Waals surface area contributed by atoms with E-state index in [0.717, 1.165) is 0 Å². The minimum absolute atomic E-state index is 0.0532. The van der Waals surface area contributed by atoms with Gasteiger partial charge in [-0.15, -0.1) is 0 Å². The third kappa shape index (κ3) is 4.09. The molecule has 0 saturated heterocycles. The standard InChI is InChI=1S/C6H11NOS/c1-4(6(7)9)3-5(2)8/h4H,3H2,1-2H3,(H2,7,9). The largest absolute Gasteiger partial charge is 0.393 e. The second kappa shape index (κ2) is 3.56. The van der Waals surface area contributed by atoms with E-state index in [-0.39, 0.29) is 11.7 Å². The maximum absolute atomic E-state index is 10.4. The highest BCUT2D eigenvalue weighted by atomic mass is 32.1. The fraction of sp³-hybridized carbons (Fsp3) is 0.667. The molecule has 3 heteroatoms. The molecule has 0 fully saturated rings. The third-order valence-corrected chi connectivity index (χ3v) is 1.48. The van der Waals surface area contributed by atoms with Gasteiger partial charge in [0.1, 0.15) is 5.78 Å². The summed E-state index contributed by atoms with van der Waals surface area (Å²) in [6, 6.07) is 0. The molecule has 1 unspecified atom stereocenters. The first-order valence-corrected chi connectivity index (χ1v) is 3.23. The molecule has 52 valence electrons. The van der Waals surface area contributed by atoms with Gasteiger partial charge in [-0.05, 0) is 6.92 Å². The van der Waals surface area contributed by atoms with E-state index in [4.69, 9.17) is 5.73 Å². The average molecular weight is 145 g/mol. The number of rotatable bonds is 3. The summed E-state index contributed by atoms with van der Waals surface area (Å²) in [6.45, 7) is 3.39. The SMILES string of the molecule is CC(=O)CC(C)C(N)=S. The maximum atomic E-state index is 10.4. The minimum Gasteiger partial charge on any atom is -0.393 e. The molecular weight excluding hydrogens is 134 g/mol. The lowest BCUT2D eigenvalue weighted by Gasteiger charge is -2.04. The molecule has 0 rings (SSSR count). The van der Waals surface area contributed by atoms with E-state index >= 15 is 0 Å². The van der Waals surface area contributed by atoms with Crippen molar-refractivity contribution in [2.45, 2.75) is 20.3 Å². The number of carbonyl (C=O) groups is 1. The lowest BCUT2D eigenvalue weighted by molar-refractivity contribution is -0.117. The van der Waals surface area contributed by atoms with Crippen molar-refractivity contribution in [1.29, 1.82) is 0 Å². The van der Waals surface area contributed by atoms with Crippen LogP contribution in [0.15, 0.2) is 0 Å². The van der Waals surface area contributed by atoms with Gasteiger partial charge in [0.2, 0.25) is 0 Å². The van der Waals surface area contributed by atoms with Crippen LogP contribution in [0.25, 0.3) is 0 Å². The van der Waals surface area contributed by atoms with Crippen molar-refractivity contribution in [1.82, 2.24) is 0 Å². The summed E-state index contributed by atoms with van der Waals surface area (Å²) in [7, 11) is 0. The summed E-state index contributed by atoms with van der Waals surface area (Å²) in [5, 5.41) is 0. The van der Waals surface area contributed by atoms with E-state index in [1.54, 1.807) is 0 Å². The van der Waals surface area contributed by atoms with Crippen molar-refractivity contribution < 1.29 is 4.79 Å². The van der Waals surface area contributed by atoms with Crippen molar-refractivity contribution in [2.75, 3.05) is 0 Å². The van der Waals surface area contributed by atoms with E-state index in [9.17, 15) is 4.79 Å². The van der Waals surface area contributed by atoms with Crippen molar-refractivity contribution in [3.05, 3.63) is 0 Å². The summed E-state index contributed by atoms with van der Waals surface area (Å²) >= 11 is 4.66. The van der Waals surface area contributed by atoms with Crippen molar-refractivity contribution in [3.8, 4) is 0 Å². The first kappa shape index (κ1) is 8.56. The number of hydrogen-bond donors (Lipinski definition) is 1. The second-order valence-corrected chi connectivity index (χ2v) is 2.68. The molecule has 0 aliphatic heterocycles. The molecule has 1 atom stereocenters. The Bertz CT molecular complexity index is 133. The van der Waals surface area contributed by atoms with Gasteiger partial charge in [0.15, 0.2) is 0 Å². The van der Waals surface area contributed by atoms with Crippen LogP contribution in [-0.4, -0.2) is 10.8 Å². The zero-order chi connectivity index (χ0) is 7.44. The number of carbonyl (C=O) groups excluding carboxylic acids is 1. The van der Waals surface area contributed by atoms with E-state index in [1.165, 1.54) is 6.92 Å². The van der Waals surface area contributed by atoms with Crippen molar-refractivity contribution in [3.63, 3.8) is 0 Å². The van der Waals surface area contributed by atoms with Gasteiger partial charge in [-0.2, -0.15) is 0 Å². The number of Topliss-reactive ketones (excluding diaryl/α,β-unsaturated/α-hetero) is 1. The van der Waals surface area contributed by atoms with Gasteiger partial charge in [-0.3, -0.25) is 0 Å². The molecule has 0 amide bonds. The summed E-state index contributed by atoms with van der Waals surface area (Å²) < 4.78 is 0. The average Bonchev–Trinajstić information content (AvgIpc) is 1.63. The predicted octanol–water partition coefficient (Wildman–Crippen LogP) is 0.888. The van der Waals surface area contributed by atoms with Crippen LogP contribution in [0, 0.1) is 5.92 Å². The molecule has 0 aromatic carbocycles. The summed E-state index contributed by atoms with van der Waals surface area (Å²) in [5.41, 5.74) is 5.26. The van der Waals surface area contributed by atoms with Gasteiger partial charge < -0.3 is 10.5 Å².